The summed E-state index contributed by atoms with van der Waals surface area (Å²) < 4.78 is 0. The number of carbonyl (C=O) groups is 1. The highest BCUT2D eigenvalue weighted by molar-refractivity contribution is 6.37. The van der Waals surface area contributed by atoms with E-state index in [1.54, 1.807) is 0 Å². The lowest BCUT2D eigenvalue weighted by molar-refractivity contribution is -0.129. The zero-order valence-electron chi connectivity index (χ0n) is 4.59. The number of rotatable bonds is 1. The predicted molar refractivity (Wildman–Crippen MR) is 28.6 cm³/mol. The van der Waals surface area contributed by atoms with Gasteiger partial charge in [-0.3, -0.25) is 0 Å². The van der Waals surface area contributed by atoms with E-state index in [1.807, 2.05) is 0 Å². The van der Waals surface area contributed by atoms with E-state index in [2.05, 4.69) is 20.0 Å². The van der Waals surface area contributed by atoms with Crippen LogP contribution in [-0.4, -0.2) is 27.7 Å². The van der Waals surface area contributed by atoms with Crippen LogP contribution in [-0.2, 0) is 4.79 Å². The summed E-state index contributed by atoms with van der Waals surface area (Å²) in [5.41, 5.74) is 8.00. The molecule has 7 heteroatoms. The molecule has 1 heterocycles. The van der Waals surface area contributed by atoms with Crippen LogP contribution in [0.25, 0.3) is 5.53 Å². The Bertz CT molecular complexity index is 283. The summed E-state index contributed by atoms with van der Waals surface area (Å²) in [7, 11) is 0. The Hall–Kier alpha value is -1.88. The van der Waals surface area contributed by atoms with Crippen molar-refractivity contribution in [1.29, 1.82) is 0 Å². The van der Waals surface area contributed by atoms with Crippen molar-refractivity contribution in [2.45, 2.75) is 0 Å². The molecule has 0 spiro atoms. The molecule has 0 unspecified atom stereocenters. The highest BCUT2D eigenvalue weighted by Gasteiger charge is 2.25. The first-order chi connectivity index (χ1) is 4.74. The SMILES string of the molecule is [N-]=[N+]=C1N=NC(C(=O)O)=N1. The van der Waals surface area contributed by atoms with Crippen LogP contribution in [0, 0.1) is 0 Å². The average molecular weight is 139 g/mol. The number of hydrogen-bond acceptors (Lipinski definition) is 2. The molecule has 0 aromatic carbocycles. The second-order valence-corrected chi connectivity index (χ2v) is 1.34. The van der Waals surface area contributed by atoms with Crippen LogP contribution in [0.5, 0.6) is 0 Å². The molecule has 1 N–H and O–H groups in total. The normalized spacial score (nSPS) is 14.8. The van der Waals surface area contributed by atoms with Gasteiger partial charge in [0.25, 0.3) is 0 Å². The van der Waals surface area contributed by atoms with Crippen molar-refractivity contribution >= 4 is 17.8 Å². The molecule has 0 aliphatic carbocycles. The van der Waals surface area contributed by atoms with Crippen molar-refractivity contribution in [2.75, 3.05) is 0 Å². The molecule has 0 aromatic heterocycles. The maximum Gasteiger partial charge on any atom is 0.531 e. The number of azo groups is 1. The highest BCUT2D eigenvalue weighted by atomic mass is 16.4. The van der Waals surface area contributed by atoms with E-state index < -0.39 is 11.8 Å². The summed E-state index contributed by atoms with van der Waals surface area (Å²) in [6.07, 6.45) is 0. The molecular formula is C3HN5O2. The van der Waals surface area contributed by atoms with Crippen LogP contribution >= 0.6 is 0 Å². The van der Waals surface area contributed by atoms with Gasteiger partial charge in [-0.05, 0) is 10.1 Å². The van der Waals surface area contributed by atoms with Gasteiger partial charge in [-0.2, -0.15) is 0 Å². The fraction of sp³-hybridized carbons (Fsp3) is 0. The van der Waals surface area contributed by atoms with Gasteiger partial charge in [0.15, 0.2) is 0 Å². The molecule has 7 nitrogen and oxygen atoms in total. The van der Waals surface area contributed by atoms with Gasteiger partial charge < -0.3 is 15.4 Å². The first kappa shape index (κ1) is 6.24. The van der Waals surface area contributed by atoms with Crippen LogP contribution in [0.4, 0.5) is 0 Å². The van der Waals surface area contributed by atoms with Crippen molar-refractivity contribution in [3.05, 3.63) is 5.53 Å². The molecule has 0 saturated carbocycles. The number of carboxylic acid groups (broad SMARTS) is 1. The van der Waals surface area contributed by atoms with Gasteiger partial charge >= 0.3 is 17.8 Å². The zero-order valence-corrected chi connectivity index (χ0v) is 4.59. The summed E-state index contributed by atoms with van der Waals surface area (Å²) >= 11 is 0. The zero-order chi connectivity index (χ0) is 7.56. The number of carboxylic acids is 1. The minimum Gasteiger partial charge on any atom is -0.542 e. The summed E-state index contributed by atoms with van der Waals surface area (Å²) in [4.78, 5) is 15.8. The van der Waals surface area contributed by atoms with Gasteiger partial charge in [-0.25, -0.2) is 4.79 Å². The van der Waals surface area contributed by atoms with Crippen molar-refractivity contribution in [2.24, 2.45) is 15.2 Å². The molecule has 1 rings (SSSR count). The standard InChI is InChI=1S/C3HN5O2/c4-6-3-5-1(2(9)10)7-8-3/h(H,9,10). The molecule has 0 fully saturated rings. The van der Waals surface area contributed by atoms with E-state index in [1.165, 1.54) is 0 Å². The Morgan fingerprint density at radius 2 is 2.30 bits per heavy atom. The molecule has 0 aromatic rings. The van der Waals surface area contributed by atoms with Gasteiger partial charge in [0.2, 0.25) is 0 Å². The highest BCUT2D eigenvalue weighted by Crippen LogP contribution is 1.95. The summed E-state index contributed by atoms with van der Waals surface area (Å²) in [6.45, 7) is 0. The maximum atomic E-state index is 10.0. The molecule has 0 saturated heterocycles. The second-order valence-electron chi connectivity index (χ2n) is 1.34. The topological polar surface area (TPSA) is 111 Å². The van der Waals surface area contributed by atoms with Crippen LogP contribution in [0.15, 0.2) is 15.2 Å². The first-order valence-corrected chi connectivity index (χ1v) is 2.20. The number of hydrogen-bond donors (Lipinski definition) is 1. The van der Waals surface area contributed by atoms with E-state index in [9.17, 15) is 4.79 Å². The monoisotopic (exact) mass is 139 g/mol. The summed E-state index contributed by atoms with van der Waals surface area (Å²) in [6, 6.07) is 0. The Morgan fingerprint density at radius 3 is 2.60 bits per heavy atom. The predicted octanol–water partition coefficient (Wildman–Crippen LogP) is -0.479. The second kappa shape index (κ2) is 2.16. The van der Waals surface area contributed by atoms with E-state index >= 15 is 0 Å². The van der Waals surface area contributed by atoms with Crippen molar-refractivity contribution in [1.82, 2.24) is 0 Å². The largest absolute Gasteiger partial charge is 0.542 e. The van der Waals surface area contributed by atoms with E-state index in [4.69, 9.17) is 10.6 Å². The summed E-state index contributed by atoms with van der Waals surface area (Å²) in [5.74, 6) is -2.13. The number of nitrogens with zero attached hydrogens (tertiary/aromatic N) is 5. The first-order valence-electron chi connectivity index (χ1n) is 2.20. The Kier molecular flexibility index (Phi) is 1.35. The van der Waals surface area contributed by atoms with E-state index in [0.29, 0.717) is 0 Å². The van der Waals surface area contributed by atoms with Gasteiger partial charge in [-0.1, -0.05) is 0 Å². The molecule has 0 amide bonds. The van der Waals surface area contributed by atoms with E-state index in [-0.39, 0.29) is 5.96 Å². The molecule has 1 aliphatic rings. The minimum absolute atomic E-state index is 0.350. The minimum atomic E-state index is -1.30. The molecule has 1 aliphatic heterocycles. The van der Waals surface area contributed by atoms with E-state index in [0.717, 1.165) is 0 Å². The molecular weight excluding hydrogens is 138 g/mol. The molecule has 50 valence electrons. The van der Waals surface area contributed by atoms with Crippen molar-refractivity contribution < 1.29 is 14.7 Å². The lowest BCUT2D eigenvalue weighted by atomic mass is 10.6. The smallest absolute Gasteiger partial charge is 0.531 e. The Morgan fingerprint density at radius 1 is 1.60 bits per heavy atom. The number of amidine groups is 1. The lowest BCUT2D eigenvalue weighted by Gasteiger charge is -1.72. The molecule has 0 atom stereocenters. The average Bonchev–Trinajstić information content (AvgIpc) is 2.34. The number of guanidine groups is 1. The fourth-order valence-electron chi connectivity index (χ4n) is 0.364. The van der Waals surface area contributed by atoms with Crippen LogP contribution < -0.4 is 0 Å². The molecule has 0 radical (unpaired) electrons. The number of aliphatic imine (C=N–C) groups is 1. The van der Waals surface area contributed by atoms with Crippen molar-refractivity contribution in [3.63, 3.8) is 0 Å². The molecule has 0 bridgehead atoms. The Balaban J connectivity index is 2.98. The number of aliphatic carboxylic acids is 1. The van der Waals surface area contributed by atoms with Gasteiger partial charge in [-0.15, -0.1) is 0 Å². The molecule has 10 heavy (non-hydrogen) atoms. The quantitative estimate of drug-likeness (QED) is 0.390. The van der Waals surface area contributed by atoms with Gasteiger partial charge in [0, 0.05) is 0 Å². The lowest BCUT2D eigenvalue weighted by Crippen LogP contribution is -2.07. The van der Waals surface area contributed by atoms with Gasteiger partial charge in [0.05, 0.1) is 5.11 Å². The Labute approximate surface area is 54.3 Å². The fourth-order valence-corrected chi connectivity index (χ4v) is 0.364. The third-order valence-electron chi connectivity index (χ3n) is 0.721. The van der Waals surface area contributed by atoms with Crippen LogP contribution in [0.2, 0.25) is 0 Å². The van der Waals surface area contributed by atoms with Gasteiger partial charge in [0.1, 0.15) is 0 Å². The third-order valence-corrected chi connectivity index (χ3v) is 0.721. The van der Waals surface area contributed by atoms with Crippen LogP contribution in [0.3, 0.4) is 0 Å². The maximum absolute atomic E-state index is 10.0. The third kappa shape index (κ3) is 0.932. The van der Waals surface area contributed by atoms with Crippen LogP contribution in [0.1, 0.15) is 0 Å². The summed E-state index contributed by atoms with van der Waals surface area (Å²) in [5, 5.41) is 14.4. The van der Waals surface area contributed by atoms with Crippen molar-refractivity contribution in [3.8, 4) is 0 Å².